The van der Waals surface area contributed by atoms with Crippen molar-refractivity contribution < 1.29 is 4.42 Å². The number of benzene rings is 6. The molecular weight excluding hydrogens is 550 g/mol. The topological polar surface area (TPSA) is 34.2 Å². The van der Waals surface area contributed by atoms with Crippen molar-refractivity contribution in [2.75, 3.05) is 4.90 Å². The van der Waals surface area contributed by atoms with Crippen LogP contribution in [-0.4, -0.2) is 9.55 Å². The molecular formula is C41H29N3O. The molecule has 0 spiro atoms. The van der Waals surface area contributed by atoms with Gasteiger partial charge in [-0.2, -0.15) is 4.98 Å². The Labute approximate surface area is 260 Å². The van der Waals surface area contributed by atoms with Gasteiger partial charge in [0.15, 0.2) is 5.58 Å². The first-order valence-electron chi connectivity index (χ1n) is 15.4. The molecule has 0 aliphatic heterocycles. The van der Waals surface area contributed by atoms with Gasteiger partial charge in [0.05, 0.1) is 17.4 Å². The Morgan fingerprint density at radius 3 is 2.29 bits per heavy atom. The minimum Gasteiger partial charge on any atom is -0.422 e. The van der Waals surface area contributed by atoms with Crippen LogP contribution in [0.4, 0.5) is 17.4 Å². The van der Waals surface area contributed by atoms with Crippen molar-refractivity contribution in [3.8, 4) is 11.1 Å². The quantitative estimate of drug-likeness (QED) is 0.203. The second-order valence-corrected chi connectivity index (χ2v) is 11.6. The number of anilines is 3. The van der Waals surface area contributed by atoms with Crippen LogP contribution in [0.3, 0.4) is 0 Å². The SMILES string of the molecule is C1=CCC(n2c3ccccc3c3cc(N(c4cccc(-c5ccccc5)c4)c4nc5ccc6ccccc6c5o4)ccc32)C=C1. The summed E-state index contributed by atoms with van der Waals surface area (Å²) < 4.78 is 9.16. The summed E-state index contributed by atoms with van der Waals surface area (Å²) in [4.78, 5) is 7.23. The molecule has 6 aromatic carbocycles. The third-order valence-electron chi connectivity index (χ3n) is 8.91. The molecule has 0 saturated heterocycles. The van der Waals surface area contributed by atoms with Gasteiger partial charge in [-0.25, -0.2) is 0 Å². The fourth-order valence-electron chi connectivity index (χ4n) is 6.81. The first-order chi connectivity index (χ1) is 22.3. The monoisotopic (exact) mass is 579 g/mol. The Kier molecular flexibility index (Phi) is 5.91. The Morgan fingerprint density at radius 1 is 0.622 bits per heavy atom. The summed E-state index contributed by atoms with van der Waals surface area (Å²) in [5, 5.41) is 4.63. The first kappa shape index (κ1) is 25.6. The van der Waals surface area contributed by atoms with Gasteiger partial charge in [0.1, 0.15) is 5.52 Å². The van der Waals surface area contributed by atoms with Crippen molar-refractivity contribution >= 4 is 61.1 Å². The normalized spacial score (nSPS) is 14.6. The van der Waals surface area contributed by atoms with Crippen LogP contribution in [0.15, 0.2) is 162 Å². The Bertz CT molecular complexity index is 2430. The summed E-state index contributed by atoms with van der Waals surface area (Å²) in [5.74, 6) is 0. The standard InChI is InChI=1S/C41H29N3O/c1-3-12-28(13-4-1)30-15-11-18-32(26-30)43(41-42-37-24-22-29-14-7-8-19-34(29)40(37)45-41)33-23-25-39-36(27-33)35-20-9-10-21-38(35)44(39)31-16-5-2-6-17-31/h1-16,18-27,31H,17H2. The second kappa shape index (κ2) is 10.4. The second-order valence-electron chi connectivity index (χ2n) is 11.6. The molecule has 1 aliphatic rings. The van der Waals surface area contributed by atoms with Crippen molar-refractivity contribution in [1.82, 2.24) is 9.55 Å². The van der Waals surface area contributed by atoms with Crippen molar-refractivity contribution in [1.29, 1.82) is 0 Å². The predicted octanol–water partition coefficient (Wildman–Crippen LogP) is 11.3. The molecule has 2 aromatic heterocycles. The van der Waals surface area contributed by atoms with Crippen LogP contribution in [0, 0.1) is 0 Å². The zero-order chi connectivity index (χ0) is 29.7. The summed E-state index contributed by atoms with van der Waals surface area (Å²) in [7, 11) is 0. The number of fused-ring (bicyclic) bond motifs is 6. The average molecular weight is 580 g/mol. The van der Waals surface area contributed by atoms with E-state index in [-0.39, 0.29) is 6.04 Å². The predicted molar refractivity (Wildman–Crippen MR) is 187 cm³/mol. The molecule has 0 saturated carbocycles. The van der Waals surface area contributed by atoms with Gasteiger partial charge in [-0.05, 0) is 65.4 Å². The molecule has 0 N–H and O–H groups in total. The smallest absolute Gasteiger partial charge is 0.307 e. The summed E-state index contributed by atoms with van der Waals surface area (Å²) in [6, 6.07) is 47.8. The molecule has 0 bridgehead atoms. The lowest BCUT2D eigenvalue weighted by molar-refractivity contribution is 0.611. The van der Waals surface area contributed by atoms with E-state index in [9.17, 15) is 0 Å². The molecule has 4 nitrogen and oxygen atoms in total. The fraction of sp³-hybridized carbons (Fsp3) is 0.0488. The molecule has 9 rings (SSSR count). The lowest BCUT2D eigenvalue weighted by atomic mass is 10.0. The molecule has 8 aromatic rings. The Morgan fingerprint density at radius 2 is 1.40 bits per heavy atom. The van der Waals surface area contributed by atoms with E-state index in [1.54, 1.807) is 0 Å². The highest BCUT2D eigenvalue weighted by Gasteiger charge is 2.23. The average Bonchev–Trinajstić information content (AvgIpc) is 3.69. The minimum atomic E-state index is 0.271. The zero-order valence-electron chi connectivity index (χ0n) is 24.5. The van der Waals surface area contributed by atoms with Gasteiger partial charge in [-0.1, -0.05) is 115 Å². The fourth-order valence-corrected chi connectivity index (χ4v) is 6.81. The van der Waals surface area contributed by atoms with Crippen LogP contribution in [0.1, 0.15) is 12.5 Å². The van der Waals surface area contributed by atoms with E-state index in [1.807, 2.05) is 18.2 Å². The number of allylic oxidation sites excluding steroid dienone is 4. The number of hydrogen-bond acceptors (Lipinski definition) is 3. The highest BCUT2D eigenvalue weighted by atomic mass is 16.4. The van der Waals surface area contributed by atoms with Gasteiger partial charge in [0.25, 0.3) is 0 Å². The minimum absolute atomic E-state index is 0.271. The van der Waals surface area contributed by atoms with E-state index in [0.29, 0.717) is 6.01 Å². The zero-order valence-corrected chi connectivity index (χ0v) is 24.5. The molecule has 2 heterocycles. The molecule has 1 aliphatic carbocycles. The molecule has 0 fully saturated rings. The highest BCUT2D eigenvalue weighted by Crippen LogP contribution is 2.42. The number of hydrogen-bond donors (Lipinski definition) is 0. The van der Waals surface area contributed by atoms with Crippen LogP contribution >= 0.6 is 0 Å². The van der Waals surface area contributed by atoms with Gasteiger partial charge in [0, 0.05) is 27.2 Å². The van der Waals surface area contributed by atoms with Crippen LogP contribution in [0.2, 0.25) is 0 Å². The largest absolute Gasteiger partial charge is 0.422 e. The van der Waals surface area contributed by atoms with Crippen LogP contribution in [-0.2, 0) is 0 Å². The highest BCUT2D eigenvalue weighted by molar-refractivity contribution is 6.10. The molecule has 1 atom stereocenters. The van der Waals surface area contributed by atoms with Crippen molar-refractivity contribution in [3.05, 3.63) is 158 Å². The summed E-state index contributed by atoms with van der Waals surface area (Å²) >= 11 is 0. The number of nitrogens with zero attached hydrogens (tertiary/aromatic N) is 3. The van der Waals surface area contributed by atoms with Crippen LogP contribution < -0.4 is 4.90 Å². The van der Waals surface area contributed by atoms with E-state index >= 15 is 0 Å². The van der Waals surface area contributed by atoms with Crippen LogP contribution in [0.5, 0.6) is 0 Å². The van der Waals surface area contributed by atoms with Crippen molar-refractivity contribution in [2.45, 2.75) is 12.5 Å². The van der Waals surface area contributed by atoms with E-state index in [1.165, 1.54) is 21.8 Å². The molecule has 0 amide bonds. The van der Waals surface area contributed by atoms with E-state index < -0.39 is 0 Å². The number of aromatic nitrogens is 2. The summed E-state index contributed by atoms with van der Waals surface area (Å²) in [6.07, 6.45) is 9.80. The lowest BCUT2D eigenvalue weighted by Crippen LogP contribution is -2.10. The molecule has 214 valence electrons. The van der Waals surface area contributed by atoms with Crippen molar-refractivity contribution in [3.63, 3.8) is 0 Å². The molecule has 45 heavy (non-hydrogen) atoms. The summed E-state index contributed by atoms with van der Waals surface area (Å²) in [5.41, 5.74) is 8.35. The Hall–Kier alpha value is -5.87. The van der Waals surface area contributed by atoms with Gasteiger partial charge in [-0.15, -0.1) is 0 Å². The first-order valence-corrected chi connectivity index (χ1v) is 15.4. The number of rotatable bonds is 5. The van der Waals surface area contributed by atoms with E-state index in [4.69, 9.17) is 9.40 Å². The lowest BCUT2D eigenvalue weighted by Gasteiger charge is -2.22. The third kappa shape index (κ3) is 4.26. The summed E-state index contributed by atoms with van der Waals surface area (Å²) in [6.45, 7) is 0. The van der Waals surface area contributed by atoms with Gasteiger partial charge >= 0.3 is 6.01 Å². The number of oxazole rings is 1. The number of para-hydroxylation sites is 1. The molecule has 1 unspecified atom stereocenters. The Balaban J connectivity index is 1.28. The van der Waals surface area contributed by atoms with Gasteiger partial charge in [0.2, 0.25) is 0 Å². The van der Waals surface area contributed by atoms with Crippen molar-refractivity contribution in [2.24, 2.45) is 0 Å². The maximum absolute atomic E-state index is 6.69. The van der Waals surface area contributed by atoms with Gasteiger partial charge in [-0.3, -0.25) is 4.90 Å². The molecule has 0 radical (unpaired) electrons. The van der Waals surface area contributed by atoms with E-state index in [0.717, 1.165) is 50.8 Å². The maximum atomic E-state index is 6.69. The third-order valence-corrected chi connectivity index (χ3v) is 8.91. The maximum Gasteiger partial charge on any atom is 0.307 e. The van der Waals surface area contributed by atoms with Crippen LogP contribution in [0.25, 0.3) is 54.8 Å². The van der Waals surface area contributed by atoms with E-state index in [2.05, 4.69) is 149 Å². The molecule has 4 heteroatoms. The van der Waals surface area contributed by atoms with Gasteiger partial charge < -0.3 is 8.98 Å².